The minimum Gasteiger partial charge on any atom is -0.393 e. The van der Waals surface area contributed by atoms with Crippen LogP contribution in [0.3, 0.4) is 0 Å². The van der Waals surface area contributed by atoms with Crippen molar-refractivity contribution < 1.29 is 9.84 Å². The van der Waals surface area contributed by atoms with Crippen molar-refractivity contribution in [2.75, 3.05) is 30.4 Å². The van der Waals surface area contributed by atoms with Gasteiger partial charge in [-0.05, 0) is 36.1 Å². The van der Waals surface area contributed by atoms with Gasteiger partial charge in [0.15, 0.2) is 5.82 Å². The molecule has 1 aliphatic heterocycles. The number of rotatable bonds is 6. The van der Waals surface area contributed by atoms with E-state index in [-0.39, 0.29) is 6.10 Å². The lowest BCUT2D eigenvalue weighted by molar-refractivity contribution is 0.145. The lowest BCUT2D eigenvalue weighted by Crippen LogP contribution is -2.36. The quantitative estimate of drug-likeness (QED) is 0.854. The molecule has 0 radical (unpaired) electrons. The standard InChI is InChI=1S/C19H25N3O2/c1-24-14-16-6-4-15(5-7-16)13-21-18-3-2-10-20-19(18)22-11-8-17(23)9-12-22/h2-7,10,17,21,23H,8-9,11-14H2,1H3. The molecule has 0 unspecified atom stereocenters. The van der Waals surface area contributed by atoms with Gasteiger partial charge in [-0.3, -0.25) is 0 Å². The summed E-state index contributed by atoms with van der Waals surface area (Å²) in [5.41, 5.74) is 3.43. The Kier molecular flexibility index (Phi) is 5.67. The summed E-state index contributed by atoms with van der Waals surface area (Å²) in [7, 11) is 1.71. The Labute approximate surface area is 143 Å². The number of aromatic nitrogens is 1. The lowest BCUT2D eigenvalue weighted by atomic mass is 10.1. The Hall–Kier alpha value is -2.11. The fourth-order valence-electron chi connectivity index (χ4n) is 2.98. The number of hydrogen-bond acceptors (Lipinski definition) is 5. The van der Waals surface area contributed by atoms with E-state index in [1.807, 2.05) is 12.3 Å². The van der Waals surface area contributed by atoms with Crippen LogP contribution in [0.15, 0.2) is 42.6 Å². The first-order valence-corrected chi connectivity index (χ1v) is 8.45. The van der Waals surface area contributed by atoms with Crippen molar-refractivity contribution in [2.45, 2.75) is 32.1 Å². The summed E-state index contributed by atoms with van der Waals surface area (Å²) in [5, 5.41) is 13.2. The summed E-state index contributed by atoms with van der Waals surface area (Å²) in [6, 6.07) is 12.4. The molecule has 1 aliphatic rings. The van der Waals surface area contributed by atoms with E-state index < -0.39 is 0 Å². The van der Waals surface area contributed by atoms with Gasteiger partial charge in [-0.1, -0.05) is 24.3 Å². The largest absolute Gasteiger partial charge is 0.393 e. The Morgan fingerprint density at radius 1 is 1.17 bits per heavy atom. The van der Waals surface area contributed by atoms with E-state index in [1.165, 1.54) is 11.1 Å². The summed E-state index contributed by atoms with van der Waals surface area (Å²) in [4.78, 5) is 6.79. The average molecular weight is 327 g/mol. The minimum absolute atomic E-state index is 0.174. The first-order chi connectivity index (χ1) is 11.8. The number of aliphatic hydroxyl groups is 1. The van der Waals surface area contributed by atoms with Crippen molar-refractivity contribution >= 4 is 11.5 Å². The number of piperidine rings is 1. The number of anilines is 2. The molecule has 0 bridgehead atoms. The predicted octanol–water partition coefficient (Wildman–Crippen LogP) is 2.80. The third kappa shape index (κ3) is 4.24. The second kappa shape index (κ2) is 8.13. The van der Waals surface area contributed by atoms with E-state index in [4.69, 9.17) is 4.74 Å². The smallest absolute Gasteiger partial charge is 0.151 e. The molecule has 0 atom stereocenters. The Balaban J connectivity index is 1.64. The molecule has 1 aromatic heterocycles. The van der Waals surface area contributed by atoms with Crippen molar-refractivity contribution in [1.29, 1.82) is 0 Å². The molecule has 2 N–H and O–H groups in total. The first kappa shape index (κ1) is 16.7. The molecule has 24 heavy (non-hydrogen) atoms. The zero-order chi connectivity index (χ0) is 16.8. The third-order valence-electron chi connectivity index (χ3n) is 4.37. The van der Waals surface area contributed by atoms with Gasteiger partial charge in [0.2, 0.25) is 0 Å². The number of hydrogen-bond donors (Lipinski definition) is 2. The highest BCUT2D eigenvalue weighted by Gasteiger charge is 2.20. The second-order valence-corrected chi connectivity index (χ2v) is 6.20. The van der Waals surface area contributed by atoms with E-state index >= 15 is 0 Å². The highest BCUT2D eigenvalue weighted by atomic mass is 16.5. The van der Waals surface area contributed by atoms with Gasteiger partial charge in [-0.25, -0.2) is 4.98 Å². The van der Waals surface area contributed by atoms with E-state index in [9.17, 15) is 5.11 Å². The van der Waals surface area contributed by atoms with Crippen molar-refractivity contribution in [3.63, 3.8) is 0 Å². The minimum atomic E-state index is -0.174. The van der Waals surface area contributed by atoms with Crippen LogP contribution >= 0.6 is 0 Å². The van der Waals surface area contributed by atoms with Crippen LogP contribution in [0, 0.1) is 0 Å². The highest BCUT2D eigenvalue weighted by Crippen LogP contribution is 2.26. The number of methoxy groups -OCH3 is 1. The van der Waals surface area contributed by atoms with E-state index in [2.05, 4.69) is 45.5 Å². The summed E-state index contributed by atoms with van der Waals surface area (Å²) in [5.74, 6) is 0.973. The fraction of sp³-hybridized carbons (Fsp3) is 0.421. The lowest BCUT2D eigenvalue weighted by Gasteiger charge is -2.31. The van der Waals surface area contributed by atoms with Crippen LogP contribution in [0.5, 0.6) is 0 Å². The molecular formula is C19H25N3O2. The summed E-state index contributed by atoms with van der Waals surface area (Å²) >= 11 is 0. The molecule has 3 rings (SSSR count). The van der Waals surface area contributed by atoms with Gasteiger partial charge < -0.3 is 20.1 Å². The number of aliphatic hydroxyl groups excluding tert-OH is 1. The molecular weight excluding hydrogens is 302 g/mol. The fourth-order valence-corrected chi connectivity index (χ4v) is 2.98. The van der Waals surface area contributed by atoms with E-state index in [1.54, 1.807) is 7.11 Å². The van der Waals surface area contributed by atoms with Crippen LogP contribution in [-0.4, -0.2) is 36.4 Å². The van der Waals surface area contributed by atoms with Gasteiger partial charge in [0.05, 0.1) is 18.4 Å². The molecule has 1 saturated heterocycles. The Bertz CT molecular complexity index is 637. The van der Waals surface area contributed by atoms with Gasteiger partial charge in [-0.2, -0.15) is 0 Å². The average Bonchev–Trinajstić information content (AvgIpc) is 2.62. The number of ether oxygens (including phenoxy) is 1. The maximum absolute atomic E-state index is 9.68. The second-order valence-electron chi connectivity index (χ2n) is 6.20. The maximum atomic E-state index is 9.68. The molecule has 2 heterocycles. The summed E-state index contributed by atoms with van der Waals surface area (Å²) in [6.07, 6.45) is 3.26. The molecule has 5 nitrogen and oxygen atoms in total. The number of pyridine rings is 1. The SMILES string of the molecule is COCc1ccc(CNc2cccnc2N2CCC(O)CC2)cc1. The first-order valence-electron chi connectivity index (χ1n) is 8.45. The van der Waals surface area contributed by atoms with E-state index in [0.29, 0.717) is 6.61 Å². The van der Waals surface area contributed by atoms with Gasteiger partial charge in [0, 0.05) is 32.9 Å². The number of benzene rings is 1. The van der Waals surface area contributed by atoms with Crippen LogP contribution in [0.2, 0.25) is 0 Å². The van der Waals surface area contributed by atoms with Crippen molar-refractivity contribution in [3.05, 3.63) is 53.7 Å². The molecule has 0 aliphatic carbocycles. The molecule has 0 saturated carbocycles. The van der Waals surface area contributed by atoms with Gasteiger partial charge >= 0.3 is 0 Å². The van der Waals surface area contributed by atoms with Crippen LogP contribution in [-0.2, 0) is 17.9 Å². The molecule has 128 valence electrons. The van der Waals surface area contributed by atoms with Crippen LogP contribution in [0.4, 0.5) is 11.5 Å². The van der Waals surface area contributed by atoms with Crippen molar-refractivity contribution in [2.24, 2.45) is 0 Å². The van der Waals surface area contributed by atoms with Crippen LogP contribution in [0.25, 0.3) is 0 Å². The van der Waals surface area contributed by atoms with E-state index in [0.717, 1.165) is 44.0 Å². The van der Waals surface area contributed by atoms with Crippen LogP contribution < -0.4 is 10.2 Å². The molecule has 5 heteroatoms. The summed E-state index contributed by atoms with van der Waals surface area (Å²) in [6.45, 7) is 3.08. The topological polar surface area (TPSA) is 57.6 Å². The predicted molar refractivity (Wildman–Crippen MR) is 96.2 cm³/mol. The number of nitrogens with zero attached hydrogens (tertiary/aromatic N) is 2. The van der Waals surface area contributed by atoms with Gasteiger partial charge in [-0.15, -0.1) is 0 Å². The zero-order valence-corrected chi connectivity index (χ0v) is 14.1. The molecule has 1 fully saturated rings. The Morgan fingerprint density at radius 3 is 2.58 bits per heavy atom. The van der Waals surface area contributed by atoms with Crippen LogP contribution in [0.1, 0.15) is 24.0 Å². The molecule has 1 aromatic carbocycles. The zero-order valence-electron chi connectivity index (χ0n) is 14.1. The monoisotopic (exact) mass is 327 g/mol. The van der Waals surface area contributed by atoms with Crippen molar-refractivity contribution in [1.82, 2.24) is 4.98 Å². The number of nitrogens with one attached hydrogen (secondary N) is 1. The normalized spacial score (nSPS) is 15.5. The van der Waals surface area contributed by atoms with Crippen molar-refractivity contribution in [3.8, 4) is 0 Å². The van der Waals surface area contributed by atoms with Gasteiger partial charge in [0.25, 0.3) is 0 Å². The highest BCUT2D eigenvalue weighted by molar-refractivity contribution is 5.65. The maximum Gasteiger partial charge on any atom is 0.151 e. The third-order valence-corrected chi connectivity index (χ3v) is 4.37. The van der Waals surface area contributed by atoms with Gasteiger partial charge in [0.1, 0.15) is 0 Å². The molecule has 0 amide bonds. The molecule has 2 aromatic rings. The summed E-state index contributed by atoms with van der Waals surface area (Å²) < 4.78 is 5.14. The Morgan fingerprint density at radius 2 is 1.88 bits per heavy atom. The molecule has 0 spiro atoms.